The maximum Gasteiger partial charge on any atom is 0.341 e. The summed E-state index contributed by atoms with van der Waals surface area (Å²) in [6.45, 7) is 0. The van der Waals surface area contributed by atoms with Crippen molar-refractivity contribution in [2.75, 3.05) is 7.11 Å². The maximum absolute atomic E-state index is 11.7. The minimum absolute atomic E-state index is 0.126. The van der Waals surface area contributed by atoms with E-state index in [0.717, 1.165) is 0 Å². The van der Waals surface area contributed by atoms with Crippen molar-refractivity contribution in [1.29, 1.82) is 0 Å². The van der Waals surface area contributed by atoms with E-state index in [-0.39, 0.29) is 4.99 Å². The van der Waals surface area contributed by atoms with E-state index in [1.54, 1.807) is 29.1 Å². The fraction of sp³-hybridized carbons (Fsp3) is 0.0909. The van der Waals surface area contributed by atoms with Gasteiger partial charge in [0.15, 0.2) is 11.6 Å². The van der Waals surface area contributed by atoms with Gasteiger partial charge in [0.25, 0.3) is 0 Å². The molecule has 18 heavy (non-hydrogen) atoms. The minimum atomic E-state index is -0.485. The molecule has 0 unspecified atom stereocenters. The van der Waals surface area contributed by atoms with Crippen LogP contribution in [0.15, 0.2) is 30.7 Å². The highest BCUT2D eigenvalue weighted by atomic mass is 32.1. The molecule has 2 aromatic rings. The van der Waals surface area contributed by atoms with Gasteiger partial charge in [-0.1, -0.05) is 12.2 Å². The Balaban J connectivity index is 2.60. The lowest BCUT2D eigenvalue weighted by atomic mass is 10.2. The lowest BCUT2D eigenvalue weighted by Crippen LogP contribution is -2.18. The SMILES string of the molecule is COC(=O)c1cccnc1-n1ccnc1C(N)=S. The highest BCUT2D eigenvalue weighted by Crippen LogP contribution is 2.14. The van der Waals surface area contributed by atoms with E-state index in [2.05, 4.69) is 9.97 Å². The van der Waals surface area contributed by atoms with E-state index in [4.69, 9.17) is 22.7 Å². The Bertz CT molecular complexity index is 609. The zero-order valence-corrected chi connectivity index (χ0v) is 10.3. The van der Waals surface area contributed by atoms with Crippen LogP contribution < -0.4 is 5.73 Å². The molecule has 0 saturated heterocycles. The van der Waals surface area contributed by atoms with Crippen molar-refractivity contribution in [3.63, 3.8) is 0 Å². The smallest absolute Gasteiger partial charge is 0.341 e. The average molecular weight is 262 g/mol. The van der Waals surface area contributed by atoms with Crippen LogP contribution in [0.5, 0.6) is 0 Å². The number of thiocarbonyl (C=S) groups is 1. The summed E-state index contributed by atoms with van der Waals surface area (Å²) in [5.74, 6) is 0.263. The van der Waals surface area contributed by atoms with Crippen molar-refractivity contribution in [2.45, 2.75) is 0 Å². The van der Waals surface area contributed by atoms with E-state index >= 15 is 0 Å². The standard InChI is InChI=1S/C11H10N4O2S/c1-17-11(16)7-3-2-4-13-9(7)15-6-5-14-10(15)8(12)18/h2-6H,1H3,(H2,12,18). The van der Waals surface area contributed by atoms with Gasteiger partial charge in [0.2, 0.25) is 0 Å². The number of pyridine rings is 1. The molecule has 92 valence electrons. The topological polar surface area (TPSA) is 83.0 Å². The van der Waals surface area contributed by atoms with Gasteiger partial charge in [-0.3, -0.25) is 4.57 Å². The first kappa shape index (κ1) is 12.2. The summed E-state index contributed by atoms with van der Waals surface area (Å²) in [6.07, 6.45) is 4.72. The Labute approximate surface area is 108 Å². The number of esters is 1. The molecule has 2 aromatic heterocycles. The number of hydrogen-bond donors (Lipinski definition) is 1. The first-order chi connectivity index (χ1) is 8.65. The van der Waals surface area contributed by atoms with Gasteiger partial charge in [-0.05, 0) is 12.1 Å². The molecule has 0 bridgehead atoms. The molecule has 2 rings (SSSR count). The second-order valence-corrected chi connectivity index (χ2v) is 3.79. The van der Waals surface area contributed by atoms with Crippen LogP contribution in [0, 0.1) is 0 Å². The first-order valence-corrected chi connectivity index (χ1v) is 5.43. The maximum atomic E-state index is 11.7. The molecule has 2 heterocycles. The van der Waals surface area contributed by atoms with Gasteiger partial charge in [-0.15, -0.1) is 0 Å². The molecule has 0 aliphatic rings. The van der Waals surface area contributed by atoms with Gasteiger partial charge in [0, 0.05) is 18.6 Å². The van der Waals surface area contributed by atoms with Gasteiger partial charge < -0.3 is 10.5 Å². The number of carbonyl (C=O) groups is 1. The average Bonchev–Trinajstić information content (AvgIpc) is 2.87. The highest BCUT2D eigenvalue weighted by molar-refractivity contribution is 7.80. The molecule has 0 amide bonds. The molecule has 0 aliphatic heterocycles. The molecule has 0 atom stereocenters. The predicted molar refractivity (Wildman–Crippen MR) is 68.6 cm³/mol. The van der Waals surface area contributed by atoms with Gasteiger partial charge in [0.1, 0.15) is 10.6 Å². The molecule has 7 heteroatoms. The number of methoxy groups -OCH3 is 1. The van der Waals surface area contributed by atoms with Gasteiger partial charge >= 0.3 is 5.97 Å². The second-order valence-electron chi connectivity index (χ2n) is 3.35. The second kappa shape index (κ2) is 4.92. The third-order valence-electron chi connectivity index (χ3n) is 2.28. The van der Waals surface area contributed by atoms with Crippen molar-refractivity contribution in [2.24, 2.45) is 5.73 Å². The third-order valence-corrected chi connectivity index (χ3v) is 2.46. The summed E-state index contributed by atoms with van der Waals surface area (Å²) in [6, 6.07) is 3.25. The molecular formula is C11H10N4O2S. The summed E-state index contributed by atoms with van der Waals surface area (Å²) in [7, 11) is 1.31. The molecule has 0 spiro atoms. The summed E-state index contributed by atoms with van der Waals surface area (Å²) < 4.78 is 6.25. The largest absolute Gasteiger partial charge is 0.465 e. The van der Waals surface area contributed by atoms with Crippen molar-refractivity contribution in [1.82, 2.24) is 14.5 Å². The zero-order valence-electron chi connectivity index (χ0n) is 9.53. The van der Waals surface area contributed by atoms with E-state index in [1.165, 1.54) is 13.3 Å². The molecule has 0 aromatic carbocycles. The molecule has 6 nitrogen and oxygen atoms in total. The lowest BCUT2D eigenvalue weighted by molar-refractivity contribution is 0.0600. The third kappa shape index (κ3) is 2.07. The molecule has 0 fully saturated rings. The number of hydrogen-bond acceptors (Lipinski definition) is 5. The zero-order chi connectivity index (χ0) is 13.1. The van der Waals surface area contributed by atoms with Crippen molar-refractivity contribution >= 4 is 23.2 Å². The Morgan fingerprint density at radius 2 is 2.22 bits per heavy atom. The van der Waals surface area contributed by atoms with Crippen molar-refractivity contribution in [3.05, 3.63) is 42.1 Å². The molecule has 0 radical (unpaired) electrons. The van der Waals surface area contributed by atoms with E-state index in [0.29, 0.717) is 17.2 Å². The summed E-state index contributed by atoms with van der Waals surface area (Å²) in [5.41, 5.74) is 5.87. The Morgan fingerprint density at radius 3 is 2.89 bits per heavy atom. The van der Waals surface area contributed by atoms with Gasteiger partial charge in [0.05, 0.1) is 7.11 Å². The number of nitrogens with two attached hydrogens (primary N) is 1. The van der Waals surface area contributed by atoms with E-state index < -0.39 is 5.97 Å². The van der Waals surface area contributed by atoms with Gasteiger partial charge in [-0.2, -0.15) is 0 Å². The number of carbonyl (C=O) groups excluding carboxylic acids is 1. The number of aromatic nitrogens is 3. The Kier molecular flexibility index (Phi) is 3.33. The summed E-state index contributed by atoms with van der Waals surface area (Å²) in [5, 5.41) is 0. The molecule has 0 saturated carbocycles. The van der Waals surface area contributed by atoms with Crippen LogP contribution in [0.1, 0.15) is 16.2 Å². The van der Waals surface area contributed by atoms with Crippen LogP contribution in [-0.2, 0) is 4.74 Å². The monoisotopic (exact) mass is 262 g/mol. The Morgan fingerprint density at radius 1 is 1.44 bits per heavy atom. The van der Waals surface area contributed by atoms with Crippen LogP contribution in [0.2, 0.25) is 0 Å². The lowest BCUT2D eigenvalue weighted by Gasteiger charge is -2.09. The first-order valence-electron chi connectivity index (χ1n) is 5.02. The van der Waals surface area contributed by atoms with Crippen LogP contribution in [-0.4, -0.2) is 32.6 Å². The summed E-state index contributed by atoms with van der Waals surface area (Å²) in [4.78, 5) is 19.9. The fourth-order valence-electron chi connectivity index (χ4n) is 1.51. The van der Waals surface area contributed by atoms with Crippen molar-refractivity contribution in [3.8, 4) is 5.82 Å². The van der Waals surface area contributed by atoms with Gasteiger partial charge in [-0.25, -0.2) is 14.8 Å². The van der Waals surface area contributed by atoms with Crippen LogP contribution in [0.3, 0.4) is 0 Å². The molecule has 2 N–H and O–H groups in total. The van der Waals surface area contributed by atoms with Crippen LogP contribution >= 0.6 is 12.2 Å². The van der Waals surface area contributed by atoms with E-state index in [1.807, 2.05) is 0 Å². The quantitative estimate of drug-likeness (QED) is 0.647. The predicted octanol–water partition coefficient (Wildman–Crippen LogP) is 0.688. The van der Waals surface area contributed by atoms with E-state index in [9.17, 15) is 4.79 Å². The fourth-order valence-corrected chi connectivity index (χ4v) is 1.67. The number of rotatable bonds is 3. The normalized spacial score (nSPS) is 10.1. The minimum Gasteiger partial charge on any atom is -0.465 e. The Hall–Kier alpha value is -2.28. The number of imidazole rings is 1. The number of nitrogens with zero attached hydrogens (tertiary/aromatic N) is 3. The van der Waals surface area contributed by atoms with Crippen LogP contribution in [0.4, 0.5) is 0 Å². The highest BCUT2D eigenvalue weighted by Gasteiger charge is 2.17. The van der Waals surface area contributed by atoms with Crippen LogP contribution in [0.25, 0.3) is 5.82 Å². The molecule has 0 aliphatic carbocycles. The number of ether oxygens (including phenoxy) is 1. The van der Waals surface area contributed by atoms with Crippen molar-refractivity contribution < 1.29 is 9.53 Å². The molecular weight excluding hydrogens is 252 g/mol. The summed E-state index contributed by atoms with van der Waals surface area (Å²) >= 11 is 4.89.